The van der Waals surface area contributed by atoms with E-state index in [1.807, 2.05) is 94.4 Å². The minimum Gasteiger partial charge on any atom is -0.352 e. The van der Waals surface area contributed by atoms with Crippen LogP contribution < -0.4 is 9.62 Å². The first-order valence-electron chi connectivity index (χ1n) is 14.4. The Kier molecular flexibility index (Phi) is 10.4. The quantitative estimate of drug-likeness (QED) is 0.228. The molecule has 0 fully saturated rings. The summed E-state index contributed by atoms with van der Waals surface area (Å²) in [4.78, 5) is 29.8. The minimum atomic E-state index is -4.12. The fourth-order valence-corrected chi connectivity index (χ4v) is 6.40. The molecule has 8 heteroatoms. The average Bonchev–Trinajstić information content (AvgIpc) is 2.99. The molecule has 0 aromatic heterocycles. The van der Waals surface area contributed by atoms with Gasteiger partial charge in [0.2, 0.25) is 11.8 Å². The Balaban J connectivity index is 1.80. The molecule has 4 aromatic rings. The van der Waals surface area contributed by atoms with Crippen LogP contribution in [0.4, 0.5) is 5.69 Å². The van der Waals surface area contributed by atoms with Gasteiger partial charge in [0.15, 0.2) is 0 Å². The maximum Gasteiger partial charge on any atom is 0.264 e. The molecule has 0 unspecified atom stereocenters. The number of sulfonamides is 1. The SMILES string of the molecule is Cc1ccc(CN(C(=O)CN(c2ccccc2C)S(=O)(=O)c2ccccc2)[C@@H](Cc2ccccc2)C(=O)NC(C)C)cc1. The van der Waals surface area contributed by atoms with E-state index in [1.165, 1.54) is 17.0 Å². The zero-order chi connectivity index (χ0) is 31.0. The molecule has 1 N–H and O–H groups in total. The van der Waals surface area contributed by atoms with Crippen molar-refractivity contribution >= 4 is 27.5 Å². The largest absolute Gasteiger partial charge is 0.352 e. The van der Waals surface area contributed by atoms with Gasteiger partial charge in [-0.15, -0.1) is 0 Å². The summed E-state index contributed by atoms with van der Waals surface area (Å²) in [6.07, 6.45) is 0.271. The molecular formula is C35H39N3O4S. The molecule has 1 atom stereocenters. The van der Waals surface area contributed by atoms with Gasteiger partial charge in [0.1, 0.15) is 12.6 Å². The second-order valence-electron chi connectivity index (χ2n) is 11.0. The zero-order valence-electron chi connectivity index (χ0n) is 25.1. The first-order chi connectivity index (χ1) is 20.6. The van der Waals surface area contributed by atoms with Crippen LogP contribution in [0.3, 0.4) is 0 Å². The Morgan fingerprint density at radius 2 is 1.33 bits per heavy atom. The highest BCUT2D eigenvalue weighted by molar-refractivity contribution is 7.92. The molecule has 4 aromatic carbocycles. The van der Waals surface area contributed by atoms with Crippen molar-refractivity contribution in [3.63, 3.8) is 0 Å². The standard InChI is InChI=1S/C35H39N3O4S/c1-26(2)36-35(40)33(23-29-14-7-5-8-15-29)37(24-30-21-19-27(3)20-22-30)34(39)25-38(32-18-12-11-13-28(32)4)43(41,42)31-16-9-6-10-17-31/h5-22,26,33H,23-25H2,1-4H3,(H,36,40)/t33-/m0/s1. The fourth-order valence-electron chi connectivity index (χ4n) is 4.90. The zero-order valence-corrected chi connectivity index (χ0v) is 25.9. The van der Waals surface area contributed by atoms with Gasteiger partial charge in [-0.2, -0.15) is 0 Å². The number of carbonyl (C=O) groups is 2. The number of amides is 2. The number of aryl methyl sites for hydroxylation is 2. The van der Waals surface area contributed by atoms with E-state index in [0.717, 1.165) is 21.0 Å². The summed E-state index contributed by atoms with van der Waals surface area (Å²) >= 11 is 0. The molecule has 0 saturated carbocycles. The smallest absolute Gasteiger partial charge is 0.264 e. The Labute approximate surface area is 255 Å². The normalized spacial score (nSPS) is 12.0. The van der Waals surface area contributed by atoms with Crippen molar-refractivity contribution in [2.45, 2.75) is 57.6 Å². The number of carbonyl (C=O) groups excluding carboxylic acids is 2. The van der Waals surface area contributed by atoms with E-state index < -0.39 is 28.5 Å². The third-order valence-electron chi connectivity index (χ3n) is 7.17. The number of para-hydroxylation sites is 1. The van der Waals surface area contributed by atoms with E-state index in [2.05, 4.69) is 5.32 Å². The first kappa shape index (κ1) is 31.5. The van der Waals surface area contributed by atoms with E-state index in [-0.39, 0.29) is 29.8 Å². The van der Waals surface area contributed by atoms with E-state index in [9.17, 15) is 18.0 Å². The first-order valence-corrected chi connectivity index (χ1v) is 15.8. The number of nitrogens with zero attached hydrogens (tertiary/aromatic N) is 2. The molecule has 0 aliphatic carbocycles. The molecule has 0 saturated heterocycles. The van der Waals surface area contributed by atoms with Crippen LogP contribution in [0, 0.1) is 13.8 Å². The van der Waals surface area contributed by atoms with Crippen molar-refractivity contribution in [2.75, 3.05) is 10.8 Å². The molecule has 0 spiro atoms. The van der Waals surface area contributed by atoms with Crippen molar-refractivity contribution < 1.29 is 18.0 Å². The van der Waals surface area contributed by atoms with E-state index in [4.69, 9.17) is 0 Å². The molecular weight excluding hydrogens is 558 g/mol. The van der Waals surface area contributed by atoms with E-state index >= 15 is 0 Å². The lowest BCUT2D eigenvalue weighted by Crippen LogP contribution is -2.54. The van der Waals surface area contributed by atoms with Gasteiger partial charge in [0, 0.05) is 19.0 Å². The van der Waals surface area contributed by atoms with Crippen molar-refractivity contribution in [2.24, 2.45) is 0 Å². The van der Waals surface area contributed by atoms with Crippen LogP contribution >= 0.6 is 0 Å². The van der Waals surface area contributed by atoms with Crippen LogP contribution in [-0.2, 0) is 32.6 Å². The highest BCUT2D eigenvalue weighted by atomic mass is 32.2. The molecule has 0 aliphatic heterocycles. The summed E-state index contributed by atoms with van der Waals surface area (Å²) in [7, 11) is -4.12. The van der Waals surface area contributed by atoms with Crippen LogP contribution in [-0.4, -0.2) is 43.8 Å². The third kappa shape index (κ3) is 8.11. The fraction of sp³-hybridized carbons (Fsp3) is 0.257. The molecule has 0 heterocycles. The van der Waals surface area contributed by atoms with Gasteiger partial charge in [-0.1, -0.05) is 96.6 Å². The highest BCUT2D eigenvalue weighted by Crippen LogP contribution is 2.27. The second kappa shape index (κ2) is 14.2. The van der Waals surface area contributed by atoms with Crippen molar-refractivity contribution in [1.29, 1.82) is 0 Å². The molecule has 0 aliphatic rings. The monoisotopic (exact) mass is 597 g/mol. The van der Waals surface area contributed by atoms with Crippen molar-refractivity contribution in [3.8, 4) is 0 Å². The Morgan fingerprint density at radius 3 is 1.93 bits per heavy atom. The topological polar surface area (TPSA) is 86.8 Å². The molecule has 0 bridgehead atoms. The van der Waals surface area contributed by atoms with E-state index in [0.29, 0.717) is 11.3 Å². The maximum atomic E-state index is 14.4. The van der Waals surface area contributed by atoms with Gasteiger partial charge in [0.25, 0.3) is 10.0 Å². The Morgan fingerprint density at radius 1 is 0.744 bits per heavy atom. The number of rotatable bonds is 12. The molecule has 7 nitrogen and oxygen atoms in total. The predicted octanol–water partition coefficient (Wildman–Crippen LogP) is 5.66. The van der Waals surface area contributed by atoms with Crippen molar-refractivity contribution in [1.82, 2.24) is 10.2 Å². The lowest BCUT2D eigenvalue weighted by atomic mass is 10.0. The van der Waals surface area contributed by atoms with E-state index in [1.54, 1.807) is 30.3 Å². The minimum absolute atomic E-state index is 0.0783. The Hall–Kier alpha value is -4.43. The number of hydrogen-bond donors (Lipinski definition) is 1. The van der Waals surface area contributed by atoms with Crippen LogP contribution in [0.5, 0.6) is 0 Å². The summed E-state index contributed by atoms with van der Waals surface area (Å²) in [6, 6.07) is 31.4. The number of anilines is 1. The number of benzene rings is 4. The molecule has 2 amide bonds. The summed E-state index contributed by atoms with van der Waals surface area (Å²) in [5.74, 6) is -0.782. The van der Waals surface area contributed by atoms with Crippen LogP contribution in [0.2, 0.25) is 0 Å². The molecule has 0 radical (unpaired) electrons. The summed E-state index contributed by atoms with van der Waals surface area (Å²) in [5.41, 5.74) is 3.91. The van der Waals surface area contributed by atoms with Gasteiger partial charge in [-0.3, -0.25) is 13.9 Å². The summed E-state index contributed by atoms with van der Waals surface area (Å²) in [6.45, 7) is 7.19. The number of nitrogens with one attached hydrogen (secondary N) is 1. The molecule has 43 heavy (non-hydrogen) atoms. The Bertz CT molecular complexity index is 1620. The maximum absolute atomic E-state index is 14.4. The van der Waals surface area contributed by atoms with Crippen LogP contribution in [0.15, 0.2) is 114 Å². The molecule has 224 valence electrons. The molecule has 4 rings (SSSR count). The van der Waals surface area contributed by atoms with Gasteiger partial charge in [-0.25, -0.2) is 8.42 Å². The van der Waals surface area contributed by atoms with Gasteiger partial charge in [0.05, 0.1) is 10.6 Å². The second-order valence-corrected chi connectivity index (χ2v) is 12.8. The van der Waals surface area contributed by atoms with Gasteiger partial charge < -0.3 is 10.2 Å². The summed E-state index contributed by atoms with van der Waals surface area (Å²) in [5, 5.41) is 2.98. The lowest BCUT2D eigenvalue weighted by Gasteiger charge is -2.34. The van der Waals surface area contributed by atoms with Crippen molar-refractivity contribution in [3.05, 3.63) is 131 Å². The number of hydrogen-bond acceptors (Lipinski definition) is 4. The van der Waals surface area contributed by atoms with Crippen LogP contribution in [0.25, 0.3) is 0 Å². The van der Waals surface area contributed by atoms with Gasteiger partial charge in [-0.05, 0) is 62.6 Å². The highest BCUT2D eigenvalue weighted by Gasteiger charge is 2.35. The van der Waals surface area contributed by atoms with Crippen LogP contribution in [0.1, 0.15) is 36.1 Å². The summed E-state index contributed by atoms with van der Waals surface area (Å²) < 4.78 is 29.3. The average molecular weight is 598 g/mol. The third-order valence-corrected chi connectivity index (χ3v) is 8.94. The lowest BCUT2D eigenvalue weighted by molar-refractivity contribution is -0.140. The predicted molar refractivity (Wildman–Crippen MR) is 171 cm³/mol. The van der Waals surface area contributed by atoms with Gasteiger partial charge >= 0.3 is 0 Å².